The fraction of sp³-hybridized carbons (Fsp3) is 0.462. The molecule has 4 aromatic rings. The smallest absolute Gasteiger partial charge is 0.224 e. The number of imidazole rings is 1. The molecule has 6 rings (SSSR count). The first kappa shape index (κ1) is 22.0. The standard InChI is InChI=1S/C26H33N9/c27-19-10-8-18(9-11-19)24-31-22-23(32-26(28)33-25(22)35(24)21-4-1-2-5-21)29-16-17-6-12-20(13-7-17)34-15-3-14-30-34/h3,6-7,12-15,18-19,21H,1-2,4-5,8-11,16,27H2,(H3,28,29,32,33). The second kappa shape index (κ2) is 9.30. The molecule has 9 nitrogen and oxygen atoms in total. The molecule has 2 fully saturated rings. The summed E-state index contributed by atoms with van der Waals surface area (Å²) in [5.41, 5.74) is 16.3. The zero-order chi connectivity index (χ0) is 23.8. The number of nitrogen functional groups attached to an aromatic ring is 1. The van der Waals surface area contributed by atoms with Crippen LogP contribution in [-0.4, -0.2) is 35.3 Å². The van der Waals surface area contributed by atoms with Crippen LogP contribution in [0.1, 0.15) is 74.7 Å². The molecular formula is C26H33N9. The monoisotopic (exact) mass is 471 g/mol. The Kier molecular flexibility index (Phi) is 5.85. The van der Waals surface area contributed by atoms with Crippen LogP contribution in [0.2, 0.25) is 0 Å². The highest BCUT2D eigenvalue weighted by Crippen LogP contribution is 2.40. The predicted molar refractivity (Wildman–Crippen MR) is 137 cm³/mol. The molecule has 2 saturated carbocycles. The molecule has 3 aromatic heterocycles. The Bertz CT molecular complexity index is 1280. The highest BCUT2D eigenvalue weighted by molar-refractivity contribution is 5.85. The van der Waals surface area contributed by atoms with Crippen molar-refractivity contribution in [2.24, 2.45) is 5.73 Å². The fourth-order valence-corrected chi connectivity index (χ4v) is 5.69. The first-order valence-corrected chi connectivity index (χ1v) is 12.8. The zero-order valence-electron chi connectivity index (χ0n) is 20.0. The quantitative estimate of drug-likeness (QED) is 0.383. The molecule has 0 aliphatic heterocycles. The van der Waals surface area contributed by atoms with Crippen molar-refractivity contribution in [1.29, 1.82) is 0 Å². The largest absolute Gasteiger partial charge is 0.368 e. The van der Waals surface area contributed by atoms with E-state index < -0.39 is 0 Å². The Morgan fingerprint density at radius 1 is 0.943 bits per heavy atom. The van der Waals surface area contributed by atoms with Gasteiger partial charge in [-0.1, -0.05) is 25.0 Å². The molecule has 182 valence electrons. The Morgan fingerprint density at radius 2 is 1.71 bits per heavy atom. The second-order valence-electron chi connectivity index (χ2n) is 9.96. The lowest BCUT2D eigenvalue weighted by atomic mass is 9.86. The van der Waals surface area contributed by atoms with E-state index in [-0.39, 0.29) is 5.95 Å². The maximum absolute atomic E-state index is 6.21. The van der Waals surface area contributed by atoms with Crippen molar-refractivity contribution in [1.82, 2.24) is 29.3 Å². The Hall–Kier alpha value is -3.46. The van der Waals surface area contributed by atoms with Crippen molar-refractivity contribution in [3.05, 3.63) is 54.1 Å². The average Bonchev–Trinajstić information content (AvgIpc) is 3.64. The molecule has 1 aromatic carbocycles. The van der Waals surface area contributed by atoms with E-state index in [2.05, 4.69) is 44.2 Å². The van der Waals surface area contributed by atoms with Crippen LogP contribution in [0.4, 0.5) is 11.8 Å². The van der Waals surface area contributed by atoms with E-state index in [0.717, 1.165) is 53.9 Å². The van der Waals surface area contributed by atoms with Gasteiger partial charge < -0.3 is 21.4 Å². The summed E-state index contributed by atoms with van der Waals surface area (Å²) in [6, 6.07) is 11.0. The summed E-state index contributed by atoms with van der Waals surface area (Å²) in [5, 5.41) is 7.78. The number of nitrogens with two attached hydrogens (primary N) is 2. The average molecular weight is 472 g/mol. The maximum Gasteiger partial charge on any atom is 0.224 e. The number of nitrogens with one attached hydrogen (secondary N) is 1. The van der Waals surface area contributed by atoms with Gasteiger partial charge in [-0.2, -0.15) is 15.1 Å². The summed E-state index contributed by atoms with van der Waals surface area (Å²) >= 11 is 0. The van der Waals surface area contributed by atoms with Crippen molar-refractivity contribution in [2.75, 3.05) is 11.1 Å². The van der Waals surface area contributed by atoms with Crippen LogP contribution in [-0.2, 0) is 6.54 Å². The van der Waals surface area contributed by atoms with Crippen molar-refractivity contribution in [3.63, 3.8) is 0 Å². The SMILES string of the molecule is Nc1nc(NCc2ccc(-n3cccn3)cc2)c2nc(C3CCC(N)CC3)n(C3CCCC3)c2n1. The van der Waals surface area contributed by atoms with Gasteiger partial charge >= 0.3 is 0 Å². The third-order valence-corrected chi connectivity index (χ3v) is 7.58. The van der Waals surface area contributed by atoms with Gasteiger partial charge in [0.15, 0.2) is 17.0 Å². The van der Waals surface area contributed by atoms with E-state index in [1.54, 1.807) is 6.20 Å². The molecule has 0 atom stereocenters. The molecule has 9 heteroatoms. The minimum atomic E-state index is 0.283. The number of benzene rings is 1. The molecule has 35 heavy (non-hydrogen) atoms. The number of hydrogen-bond donors (Lipinski definition) is 3. The van der Waals surface area contributed by atoms with Crippen LogP contribution in [0, 0.1) is 0 Å². The summed E-state index contributed by atoms with van der Waals surface area (Å²) in [6.07, 6.45) is 12.8. The topological polar surface area (TPSA) is 125 Å². The van der Waals surface area contributed by atoms with Crippen LogP contribution < -0.4 is 16.8 Å². The third kappa shape index (κ3) is 4.36. The lowest BCUT2D eigenvalue weighted by Crippen LogP contribution is -2.27. The summed E-state index contributed by atoms with van der Waals surface area (Å²) in [7, 11) is 0. The van der Waals surface area contributed by atoms with Crippen molar-refractivity contribution in [2.45, 2.75) is 75.9 Å². The lowest BCUT2D eigenvalue weighted by Gasteiger charge is -2.27. The zero-order valence-corrected chi connectivity index (χ0v) is 20.0. The summed E-state index contributed by atoms with van der Waals surface area (Å²) in [5.74, 6) is 2.54. The molecule has 5 N–H and O–H groups in total. The number of fused-ring (bicyclic) bond motifs is 1. The molecule has 2 aliphatic rings. The second-order valence-corrected chi connectivity index (χ2v) is 9.96. The fourth-order valence-electron chi connectivity index (χ4n) is 5.69. The molecule has 0 spiro atoms. The number of aromatic nitrogens is 6. The van der Waals surface area contributed by atoms with Crippen molar-refractivity contribution in [3.8, 4) is 5.69 Å². The van der Waals surface area contributed by atoms with Gasteiger partial charge in [0, 0.05) is 36.9 Å². The van der Waals surface area contributed by atoms with E-state index in [1.165, 1.54) is 25.7 Å². The molecule has 0 amide bonds. The number of nitrogens with zero attached hydrogens (tertiary/aromatic N) is 6. The lowest BCUT2D eigenvalue weighted by molar-refractivity contribution is 0.367. The maximum atomic E-state index is 6.21. The van der Waals surface area contributed by atoms with E-state index in [4.69, 9.17) is 21.4 Å². The Morgan fingerprint density at radius 3 is 2.43 bits per heavy atom. The normalized spacial score (nSPS) is 21.1. The molecule has 0 saturated heterocycles. The first-order valence-electron chi connectivity index (χ1n) is 12.8. The summed E-state index contributed by atoms with van der Waals surface area (Å²) < 4.78 is 4.24. The minimum absolute atomic E-state index is 0.283. The summed E-state index contributed by atoms with van der Waals surface area (Å²) in [6.45, 7) is 0.620. The van der Waals surface area contributed by atoms with E-state index in [1.807, 2.05) is 16.9 Å². The molecule has 3 heterocycles. The number of rotatable bonds is 6. The van der Waals surface area contributed by atoms with Crippen LogP contribution in [0.15, 0.2) is 42.7 Å². The molecule has 0 radical (unpaired) electrons. The third-order valence-electron chi connectivity index (χ3n) is 7.58. The van der Waals surface area contributed by atoms with E-state index >= 15 is 0 Å². The van der Waals surface area contributed by atoms with Gasteiger partial charge in [0.25, 0.3) is 0 Å². The highest BCUT2D eigenvalue weighted by Gasteiger charge is 2.31. The van der Waals surface area contributed by atoms with Crippen molar-refractivity contribution >= 4 is 22.9 Å². The Balaban J connectivity index is 1.32. The van der Waals surface area contributed by atoms with Crippen LogP contribution in [0.5, 0.6) is 0 Å². The minimum Gasteiger partial charge on any atom is -0.368 e. The van der Waals surface area contributed by atoms with Crippen LogP contribution in [0.3, 0.4) is 0 Å². The van der Waals surface area contributed by atoms with Gasteiger partial charge in [0.2, 0.25) is 5.95 Å². The van der Waals surface area contributed by atoms with E-state index in [9.17, 15) is 0 Å². The molecule has 0 bridgehead atoms. The number of anilines is 2. The Labute approximate surface area is 205 Å². The van der Waals surface area contributed by atoms with Gasteiger partial charge in [0.1, 0.15) is 5.82 Å². The van der Waals surface area contributed by atoms with Gasteiger partial charge in [-0.3, -0.25) is 0 Å². The van der Waals surface area contributed by atoms with Crippen LogP contribution in [0.25, 0.3) is 16.9 Å². The highest BCUT2D eigenvalue weighted by atomic mass is 15.3. The van der Waals surface area contributed by atoms with Gasteiger partial charge in [-0.15, -0.1) is 0 Å². The van der Waals surface area contributed by atoms with Gasteiger partial charge in [-0.05, 0) is 62.3 Å². The van der Waals surface area contributed by atoms with Crippen LogP contribution >= 0.6 is 0 Å². The molecule has 0 unspecified atom stereocenters. The number of hydrogen-bond acceptors (Lipinski definition) is 7. The first-order chi connectivity index (χ1) is 17.2. The summed E-state index contributed by atoms with van der Waals surface area (Å²) in [4.78, 5) is 14.4. The predicted octanol–water partition coefficient (Wildman–Crippen LogP) is 4.31. The van der Waals surface area contributed by atoms with Crippen molar-refractivity contribution < 1.29 is 0 Å². The van der Waals surface area contributed by atoms with Gasteiger partial charge in [0.05, 0.1) is 5.69 Å². The molecule has 2 aliphatic carbocycles. The van der Waals surface area contributed by atoms with Gasteiger partial charge in [-0.25, -0.2) is 9.67 Å². The molecular weight excluding hydrogens is 438 g/mol. The van der Waals surface area contributed by atoms with E-state index in [0.29, 0.717) is 30.4 Å².